The third kappa shape index (κ3) is 6.25. The van der Waals surface area contributed by atoms with Crippen LogP contribution in [-0.4, -0.2) is 21.4 Å². The van der Waals surface area contributed by atoms with Crippen LogP contribution in [0.5, 0.6) is 0 Å². The Bertz CT molecular complexity index is 2000. The lowest BCUT2D eigenvalue weighted by Crippen LogP contribution is -2.16. The number of aromatic nitrogens is 2. The number of allylic oxidation sites excluding steroid dienone is 4. The Labute approximate surface area is 312 Å². The first-order valence-electron chi connectivity index (χ1n) is 20.0. The van der Waals surface area contributed by atoms with Crippen molar-refractivity contribution in [1.82, 2.24) is 9.97 Å². The molecule has 0 fully saturated rings. The molecule has 0 spiro atoms. The Morgan fingerprint density at radius 1 is 0.423 bits per heavy atom. The number of aromatic amines is 2. The summed E-state index contributed by atoms with van der Waals surface area (Å²) in [6.45, 7) is 22.7. The van der Waals surface area contributed by atoms with Crippen molar-refractivity contribution >= 4 is 22.6 Å². The molecule has 4 aromatic rings. The fraction of sp³-hybridized carbons (Fsp3) is 0.375. The molecule has 0 aliphatic carbocycles. The molecule has 0 unspecified atom stereocenters. The van der Waals surface area contributed by atoms with Crippen molar-refractivity contribution in [1.29, 1.82) is 0 Å². The van der Waals surface area contributed by atoms with Gasteiger partial charge in [-0.25, -0.2) is 9.98 Å². The van der Waals surface area contributed by atoms with E-state index < -0.39 is 0 Å². The molecule has 2 aliphatic rings. The highest BCUT2D eigenvalue weighted by Crippen LogP contribution is 2.45. The molecule has 6 rings (SSSR count). The molecular weight excluding hydrogens is 633 g/mol. The highest BCUT2D eigenvalue weighted by Gasteiger charge is 2.35. The number of benzene rings is 2. The number of nitrogens with one attached hydrogen (secondary N) is 2. The van der Waals surface area contributed by atoms with Gasteiger partial charge in [-0.3, -0.25) is 0 Å². The van der Waals surface area contributed by atoms with E-state index >= 15 is 0 Å². The van der Waals surface area contributed by atoms with Gasteiger partial charge in [0.15, 0.2) is 0 Å². The first kappa shape index (κ1) is 37.1. The third-order valence-electron chi connectivity index (χ3n) is 11.3. The molecule has 2 aromatic heterocycles. The number of H-pyrrole nitrogens is 2. The summed E-state index contributed by atoms with van der Waals surface area (Å²) in [6, 6.07) is 21.8. The van der Waals surface area contributed by atoms with Crippen molar-refractivity contribution in [3.63, 3.8) is 0 Å². The van der Waals surface area contributed by atoms with Gasteiger partial charge in [0.2, 0.25) is 0 Å². The average molecular weight is 691 g/mol. The maximum Gasteiger partial charge on any atom is 0.0932 e. The van der Waals surface area contributed by atoms with E-state index in [0.29, 0.717) is 0 Å². The summed E-state index contributed by atoms with van der Waals surface area (Å²) in [4.78, 5) is 19.2. The molecule has 4 heterocycles. The zero-order chi connectivity index (χ0) is 37.1. The van der Waals surface area contributed by atoms with Crippen LogP contribution in [0, 0.1) is 13.8 Å². The highest BCUT2D eigenvalue weighted by atomic mass is 14.9. The summed E-state index contributed by atoms with van der Waals surface area (Å²) in [5.41, 5.74) is 25.0. The maximum absolute atomic E-state index is 5.75. The molecule has 2 aromatic carbocycles. The number of nitrogens with zero attached hydrogens (tertiary/aromatic N) is 2. The molecule has 0 radical (unpaired) electrons. The van der Waals surface area contributed by atoms with E-state index in [4.69, 9.17) is 9.98 Å². The second-order valence-corrected chi connectivity index (χ2v) is 14.0. The van der Waals surface area contributed by atoms with Crippen LogP contribution in [0.4, 0.5) is 0 Å². The van der Waals surface area contributed by atoms with Crippen molar-refractivity contribution in [3.05, 3.63) is 151 Å². The minimum absolute atomic E-state index is 0.899. The number of hydrogen-bond acceptors (Lipinski definition) is 2. The van der Waals surface area contributed by atoms with Crippen LogP contribution in [0.15, 0.2) is 104 Å². The lowest BCUT2D eigenvalue weighted by atomic mass is 9.88. The Hall–Kier alpha value is -4.70. The largest absolute Gasteiger partial charge is 0.358 e. The molecule has 270 valence electrons. The van der Waals surface area contributed by atoms with E-state index in [1.54, 1.807) is 0 Å². The molecule has 0 bridgehead atoms. The van der Waals surface area contributed by atoms with Crippen LogP contribution < -0.4 is 0 Å². The van der Waals surface area contributed by atoms with E-state index in [1.807, 2.05) is 0 Å². The lowest BCUT2D eigenvalue weighted by Gasteiger charge is -2.14. The van der Waals surface area contributed by atoms with Crippen LogP contribution in [-0.2, 0) is 25.7 Å². The fourth-order valence-electron chi connectivity index (χ4n) is 9.00. The van der Waals surface area contributed by atoms with Gasteiger partial charge in [-0.2, -0.15) is 0 Å². The minimum atomic E-state index is 0.899. The van der Waals surface area contributed by atoms with E-state index in [0.717, 1.165) is 74.2 Å². The Kier molecular flexibility index (Phi) is 11.3. The minimum Gasteiger partial charge on any atom is -0.358 e. The number of hydrogen-bond donors (Lipinski definition) is 2. The van der Waals surface area contributed by atoms with Gasteiger partial charge in [-0.1, -0.05) is 116 Å². The van der Waals surface area contributed by atoms with Crippen molar-refractivity contribution in [3.8, 4) is 0 Å². The van der Waals surface area contributed by atoms with Crippen molar-refractivity contribution in [2.75, 3.05) is 0 Å². The lowest BCUT2D eigenvalue weighted by molar-refractivity contribution is 1.03. The summed E-state index contributed by atoms with van der Waals surface area (Å²) in [5.74, 6) is 0. The Balaban J connectivity index is 1.71. The summed E-state index contributed by atoms with van der Waals surface area (Å²) in [7, 11) is 0. The van der Waals surface area contributed by atoms with Crippen LogP contribution in [0.3, 0.4) is 0 Å². The Morgan fingerprint density at radius 3 is 1.04 bits per heavy atom. The van der Waals surface area contributed by atoms with Crippen LogP contribution in [0.1, 0.15) is 137 Å². The topological polar surface area (TPSA) is 56.3 Å². The first-order chi connectivity index (χ1) is 25.3. The first-order valence-corrected chi connectivity index (χ1v) is 20.0. The molecule has 2 aliphatic heterocycles. The molecule has 4 nitrogen and oxygen atoms in total. The number of aryl methyl sites for hydroxylation is 2. The SMILES string of the molecule is CCC1=C(CC)/C(=C(/c2ccccc2)c2[nH]c(C)c(CC)c2CC)N=C1C1=N/C(=C(\c2ccccc2)c2[nH]c(C)c(CC)c2CC)C(CC)=C1CC. The summed E-state index contributed by atoms with van der Waals surface area (Å²) in [5, 5.41) is 0. The number of aliphatic imine (C=N–C) groups is 2. The summed E-state index contributed by atoms with van der Waals surface area (Å²) < 4.78 is 0. The highest BCUT2D eigenvalue weighted by molar-refractivity contribution is 6.55. The quantitative estimate of drug-likeness (QED) is 0.140. The smallest absolute Gasteiger partial charge is 0.0932 e. The van der Waals surface area contributed by atoms with E-state index in [2.05, 4.69) is 140 Å². The fourth-order valence-corrected chi connectivity index (χ4v) is 9.00. The van der Waals surface area contributed by atoms with E-state index in [9.17, 15) is 0 Å². The van der Waals surface area contributed by atoms with Crippen molar-refractivity contribution in [2.24, 2.45) is 9.98 Å². The zero-order valence-electron chi connectivity index (χ0n) is 33.3. The molecule has 0 atom stereocenters. The molecule has 4 heteroatoms. The van der Waals surface area contributed by atoms with Gasteiger partial charge >= 0.3 is 0 Å². The molecule has 2 N–H and O–H groups in total. The number of rotatable bonds is 13. The van der Waals surface area contributed by atoms with E-state index in [1.165, 1.54) is 89.6 Å². The van der Waals surface area contributed by atoms with Crippen LogP contribution in [0.2, 0.25) is 0 Å². The predicted octanol–water partition coefficient (Wildman–Crippen LogP) is 12.6. The summed E-state index contributed by atoms with van der Waals surface area (Å²) in [6.07, 6.45) is 7.56. The molecule has 0 amide bonds. The zero-order valence-corrected chi connectivity index (χ0v) is 33.3. The normalized spacial score (nSPS) is 16.7. The van der Waals surface area contributed by atoms with Gasteiger partial charge in [0.25, 0.3) is 0 Å². The molecule has 0 saturated heterocycles. The summed E-state index contributed by atoms with van der Waals surface area (Å²) >= 11 is 0. The van der Waals surface area contributed by atoms with Crippen LogP contribution >= 0.6 is 0 Å². The van der Waals surface area contributed by atoms with Gasteiger partial charge in [0.05, 0.1) is 34.2 Å². The molecular formula is C48H58N4. The van der Waals surface area contributed by atoms with Gasteiger partial charge in [-0.05, 0) is 121 Å². The van der Waals surface area contributed by atoms with E-state index in [-0.39, 0.29) is 0 Å². The third-order valence-corrected chi connectivity index (χ3v) is 11.3. The van der Waals surface area contributed by atoms with Gasteiger partial charge in [0.1, 0.15) is 0 Å². The standard InChI is InChI=1S/C48H58N4/c1-11-33-29(9)49-43(35(33)13-3)41(31-25-21-19-22-26-31)45-37(15-5)39(17-7)47(51-45)48-40(18-8)38(16-6)46(52-48)42(32-27-23-20-24-28-32)44-36(14-4)34(12-2)30(10)50-44/h19-28,49-50H,11-18H2,1-10H3/b45-41+,46-42+. The molecule has 52 heavy (non-hydrogen) atoms. The Morgan fingerprint density at radius 2 is 0.750 bits per heavy atom. The maximum atomic E-state index is 5.75. The van der Waals surface area contributed by atoms with Crippen LogP contribution in [0.25, 0.3) is 11.1 Å². The second kappa shape index (κ2) is 15.9. The predicted molar refractivity (Wildman–Crippen MR) is 224 cm³/mol. The second-order valence-electron chi connectivity index (χ2n) is 14.0. The van der Waals surface area contributed by atoms with Crippen molar-refractivity contribution in [2.45, 2.75) is 121 Å². The average Bonchev–Trinajstić information content (AvgIpc) is 3.91. The van der Waals surface area contributed by atoms with Gasteiger partial charge < -0.3 is 9.97 Å². The van der Waals surface area contributed by atoms with Gasteiger partial charge in [0, 0.05) is 22.5 Å². The monoisotopic (exact) mass is 690 g/mol. The molecule has 0 saturated carbocycles. The van der Waals surface area contributed by atoms with Gasteiger partial charge in [-0.15, -0.1) is 0 Å². The van der Waals surface area contributed by atoms with Crippen molar-refractivity contribution < 1.29 is 0 Å².